The smallest absolute Gasteiger partial charge is 0.238 e. The first-order chi connectivity index (χ1) is 9.24. The summed E-state index contributed by atoms with van der Waals surface area (Å²) in [5, 5.41) is 0. The maximum absolute atomic E-state index is 11.7. The fraction of sp³-hybridized carbons (Fsp3) is 0.333. The molecule has 0 aliphatic rings. The summed E-state index contributed by atoms with van der Waals surface area (Å²) in [7, 11) is 0. The lowest BCUT2D eigenvalue weighted by molar-refractivity contribution is -0.121. The molecular formula is C15H20N2O2. The molecule has 0 aliphatic carbocycles. The van der Waals surface area contributed by atoms with Crippen LogP contribution in [0.1, 0.15) is 43.0 Å². The lowest BCUT2D eigenvalue weighted by atomic mass is 10.1. The molecule has 1 aromatic rings. The van der Waals surface area contributed by atoms with E-state index in [4.69, 9.17) is 0 Å². The fourth-order valence-electron chi connectivity index (χ4n) is 1.54. The van der Waals surface area contributed by atoms with Crippen LogP contribution < -0.4 is 10.9 Å². The summed E-state index contributed by atoms with van der Waals surface area (Å²) in [4.78, 5) is 23.0. The minimum absolute atomic E-state index is 0.0646. The number of amides is 1. The average molecular weight is 260 g/mol. The molecule has 0 atom stereocenters. The number of benzene rings is 1. The third-order valence-electron chi connectivity index (χ3n) is 2.60. The molecule has 0 aliphatic heterocycles. The number of hydrogen-bond acceptors (Lipinski definition) is 3. The first-order valence-corrected chi connectivity index (χ1v) is 6.54. The predicted molar refractivity (Wildman–Crippen MR) is 75.3 cm³/mol. The summed E-state index contributed by atoms with van der Waals surface area (Å²) in [6.07, 6.45) is 6.36. The Balaban J connectivity index is 2.23. The zero-order valence-electron chi connectivity index (χ0n) is 11.2. The second kappa shape index (κ2) is 8.91. The molecule has 0 fully saturated rings. The van der Waals surface area contributed by atoms with Crippen LogP contribution >= 0.6 is 0 Å². The molecule has 1 aromatic carbocycles. The zero-order valence-corrected chi connectivity index (χ0v) is 11.2. The maximum atomic E-state index is 11.7. The molecule has 0 radical (unpaired) electrons. The Hall–Kier alpha value is -2.10. The molecular weight excluding hydrogens is 240 g/mol. The Labute approximate surface area is 113 Å². The van der Waals surface area contributed by atoms with E-state index >= 15 is 0 Å². The third-order valence-corrected chi connectivity index (χ3v) is 2.60. The second-order valence-corrected chi connectivity index (χ2v) is 4.21. The Kier molecular flexibility index (Phi) is 7.02. The van der Waals surface area contributed by atoms with Gasteiger partial charge in [-0.1, -0.05) is 50.1 Å². The third kappa shape index (κ3) is 6.41. The van der Waals surface area contributed by atoms with Crippen LogP contribution in [0.4, 0.5) is 0 Å². The highest BCUT2D eigenvalue weighted by Gasteiger charge is 2.00. The number of unbranched alkanes of at least 4 members (excludes halogenated alkanes) is 2. The van der Waals surface area contributed by atoms with Crippen molar-refractivity contribution in [3.8, 4) is 0 Å². The van der Waals surface area contributed by atoms with E-state index in [0.29, 0.717) is 12.0 Å². The maximum Gasteiger partial charge on any atom is 0.238 e. The number of carbonyl (C=O) groups excluding carboxylic acids is 2. The summed E-state index contributed by atoms with van der Waals surface area (Å²) in [5.74, 6) is -0.168. The summed E-state index contributed by atoms with van der Waals surface area (Å²) < 4.78 is 0. The molecule has 1 rings (SSSR count). The van der Waals surface area contributed by atoms with Gasteiger partial charge in [-0.25, -0.2) is 0 Å². The van der Waals surface area contributed by atoms with Gasteiger partial charge in [-0.3, -0.25) is 15.0 Å². The van der Waals surface area contributed by atoms with Crippen molar-refractivity contribution in [3.05, 3.63) is 48.2 Å². The van der Waals surface area contributed by atoms with Gasteiger partial charge in [0.2, 0.25) is 5.91 Å². The molecule has 0 unspecified atom stereocenters. The van der Waals surface area contributed by atoms with Crippen LogP contribution in [0.25, 0.3) is 0 Å². The van der Waals surface area contributed by atoms with Gasteiger partial charge in [0.05, 0.1) is 0 Å². The molecule has 0 aromatic heterocycles. The lowest BCUT2D eigenvalue weighted by Gasteiger charge is -2.03. The van der Waals surface area contributed by atoms with Gasteiger partial charge in [0.15, 0.2) is 5.78 Å². The molecule has 1 amide bonds. The fourth-order valence-corrected chi connectivity index (χ4v) is 1.54. The van der Waals surface area contributed by atoms with Crippen LogP contribution in [0, 0.1) is 0 Å². The van der Waals surface area contributed by atoms with Crippen molar-refractivity contribution in [2.75, 3.05) is 0 Å². The minimum Gasteiger partial charge on any atom is -0.306 e. The normalized spacial score (nSPS) is 10.4. The Bertz CT molecular complexity index is 427. The summed E-state index contributed by atoms with van der Waals surface area (Å²) in [6, 6.07) is 8.97. The average Bonchev–Trinajstić information content (AvgIpc) is 2.44. The summed E-state index contributed by atoms with van der Waals surface area (Å²) in [6.45, 7) is 2.09. The van der Waals surface area contributed by atoms with Gasteiger partial charge in [0, 0.05) is 24.3 Å². The van der Waals surface area contributed by atoms with Crippen LogP contribution in [0.3, 0.4) is 0 Å². The van der Waals surface area contributed by atoms with Gasteiger partial charge in [-0.2, -0.15) is 0 Å². The van der Waals surface area contributed by atoms with Crippen molar-refractivity contribution in [1.82, 2.24) is 10.9 Å². The number of ketones is 1. The monoisotopic (exact) mass is 260 g/mol. The minimum atomic E-state index is -0.103. The summed E-state index contributed by atoms with van der Waals surface area (Å²) in [5.41, 5.74) is 5.75. The predicted octanol–water partition coefficient (Wildman–Crippen LogP) is 2.58. The highest BCUT2D eigenvalue weighted by Crippen LogP contribution is 2.00. The molecule has 0 bridgehead atoms. The summed E-state index contributed by atoms with van der Waals surface area (Å²) >= 11 is 0. The lowest BCUT2D eigenvalue weighted by Crippen LogP contribution is -2.33. The highest BCUT2D eigenvalue weighted by atomic mass is 16.2. The number of carbonyl (C=O) groups is 2. The molecule has 0 saturated carbocycles. The van der Waals surface area contributed by atoms with Crippen molar-refractivity contribution >= 4 is 11.7 Å². The number of rotatable bonds is 8. The van der Waals surface area contributed by atoms with Crippen LogP contribution in [0.15, 0.2) is 42.6 Å². The van der Waals surface area contributed by atoms with E-state index in [1.54, 1.807) is 12.1 Å². The van der Waals surface area contributed by atoms with Gasteiger partial charge >= 0.3 is 0 Å². The van der Waals surface area contributed by atoms with Crippen molar-refractivity contribution in [3.63, 3.8) is 0 Å². The van der Waals surface area contributed by atoms with E-state index in [9.17, 15) is 9.59 Å². The Morgan fingerprint density at radius 1 is 1.16 bits per heavy atom. The van der Waals surface area contributed by atoms with Crippen LogP contribution in [-0.2, 0) is 4.79 Å². The van der Waals surface area contributed by atoms with Crippen LogP contribution in [-0.4, -0.2) is 11.7 Å². The van der Waals surface area contributed by atoms with E-state index in [0.717, 1.165) is 19.3 Å². The molecule has 4 heteroatoms. The largest absolute Gasteiger partial charge is 0.306 e. The van der Waals surface area contributed by atoms with E-state index in [2.05, 4.69) is 17.8 Å². The Morgan fingerprint density at radius 2 is 1.89 bits per heavy atom. The molecule has 19 heavy (non-hydrogen) atoms. The molecule has 0 saturated heterocycles. The molecule has 4 nitrogen and oxygen atoms in total. The van der Waals surface area contributed by atoms with E-state index in [1.807, 2.05) is 18.2 Å². The van der Waals surface area contributed by atoms with Gasteiger partial charge in [0.25, 0.3) is 0 Å². The first-order valence-electron chi connectivity index (χ1n) is 6.54. The van der Waals surface area contributed by atoms with E-state index < -0.39 is 0 Å². The van der Waals surface area contributed by atoms with Gasteiger partial charge < -0.3 is 5.43 Å². The molecule has 0 spiro atoms. The number of hydrazine groups is 1. The van der Waals surface area contributed by atoms with Crippen molar-refractivity contribution in [2.24, 2.45) is 0 Å². The van der Waals surface area contributed by atoms with Crippen molar-refractivity contribution in [1.29, 1.82) is 0 Å². The SMILES string of the molecule is CCCCCC(=O)NN/C=C\C(=O)c1ccccc1. The van der Waals surface area contributed by atoms with Crippen LogP contribution in [0.5, 0.6) is 0 Å². The first kappa shape index (κ1) is 15.0. The number of nitrogens with one attached hydrogen (secondary N) is 2. The zero-order chi connectivity index (χ0) is 13.9. The van der Waals surface area contributed by atoms with Gasteiger partial charge in [0.1, 0.15) is 0 Å². The van der Waals surface area contributed by atoms with E-state index in [1.165, 1.54) is 12.3 Å². The topological polar surface area (TPSA) is 58.2 Å². The quantitative estimate of drug-likeness (QED) is 0.327. The molecule has 0 heterocycles. The number of allylic oxidation sites excluding steroid dienone is 1. The van der Waals surface area contributed by atoms with E-state index in [-0.39, 0.29) is 11.7 Å². The molecule has 102 valence electrons. The van der Waals surface area contributed by atoms with Gasteiger partial charge in [-0.15, -0.1) is 0 Å². The number of hydrogen-bond donors (Lipinski definition) is 2. The Morgan fingerprint density at radius 3 is 2.58 bits per heavy atom. The van der Waals surface area contributed by atoms with Crippen LogP contribution in [0.2, 0.25) is 0 Å². The standard InChI is InChI=1S/C15H20N2O2/c1-2-3-5-10-15(19)17-16-12-11-14(18)13-8-6-4-7-9-13/h4,6-9,11-12,16H,2-3,5,10H2,1H3,(H,17,19)/b12-11-. The highest BCUT2D eigenvalue weighted by molar-refractivity contribution is 6.04. The van der Waals surface area contributed by atoms with Gasteiger partial charge in [-0.05, 0) is 6.42 Å². The molecule has 2 N–H and O–H groups in total. The van der Waals surface area contributed by atoms with Crippen molar-refractivity contribution in [2.45, 2.75) is 32.6 Å². The van der Waals surface area contributed by atoms with Crippen molar-refractivity contribution < 1.29 is 9.59 Å². The second-order valence-electron chi connectivity index (χ2n) is 4.21.